The number of hydrogen-bond donors (Lipinski definition) is 1. The van der Waals surface area contributed by atoms with Crippen LogP contribution >= 0.6 is 12.4 Å². The molecule has 0 spiro atoms. The molecular weight excluding hydrogens is 303 g/mol. The molecule has 3 atom stereocenters. The fourth-order valence-electron chi connectivity index (χ4n) is 3.87. The van der Waals surface area contributed by atoms with E-state index in [2.05, 4.69) is 0 Å². The van der Waals surface area contributed by atoms with Gasteiger partial charge in [-0.1, -0.05) is 12.1 Å². The van der Waals surface area contributed by atoms with Crippen LogP contribution in [0.4, 0.5) is 4.39 Å². The van der Waals surface area contributed by atoms with Gasteiger partial charge < -0.3 is 10.6 Å². The maximum absolute atomic E-state index is 13.4. The van der Waals surface area contributed by atoms with Gasteiger partial charge in [0.15, 0.2) is 0 Å². The first kappa shape index (κ1) is 17.2. The molecular formula is C17H24ClFN2O. The number of hydrogen-bond acceptors (Lipinski definition) is 2. The van der Waals surface area contributed by atoms with Gasteiger partial charge in [-0.05, 0) is 56.2 Å². The van der Waals surface area contributed by atoms with E-state index in [0.717, 1.165) is 31.5 Å². The van der Waals surface area contributed by atoms with Gasteiger partial charge in [0, 0.05) is 19.1 Å². The molecule has 22 heavy (non-hydrogen) atoms. The van der Waals surface area contributed by atoms with E-state index in [-0.39, 0.29) is 30.2 Å². The summed E-state index contributed by atoms with van der Waals surface area (Å²) >= 11 is 0. The lowest BCUT2D eigenvalue weighted by molar-refractivity contribution is -0.135. The zero-order valence-electron chi connectivity index (χ0n) is 13.1. The molecule has 122 valence electrons. The number of nitrogens with two attached hydrogens (primary N) is 1. The second-order valence-corrected chi connectivity index (χ2v) is 7.01. The van der Waals surface area contributed by atoms with Gasteiger partial charge in [-0.3, -0.25) is 4.79 Å². The molecule has 1 aromatic rings. The minimum Gasteiger partial charge on any atom is -0.341 e. The highest BCUT2D eigenvalue weighted by Crippen LogP contribution is 2.39. The zero-order chi connectivity index (χ0) is 15.2. The van der Waals surface area contributed by atoms with Gasteiger partial charge in [0.2, 0.25) is 5.91 Å². The Hall–Kier alpha value is -1.13. The van der Waals surface area contributed by atoms with Gasteiger partial charge >= 0.3 is 0 Å². The van der Waals surface area contributed by atoms with Gasteiger partial charge in [-0.25, -0.2) is 4.39 Å². The number of amides is 1. The second-order valence-electron chi connectivity index (χ2n) is 7.01. The number of carbonyl (C=O) groups excluding carboxylic acids is 1. The molecule has 0 aromatic heterocycles. The molecule has 1 amide bonds. The van der Waals surface area contributed by atoms with Crippen LogP contribution in [0, 0.1) is 17.7 Å². The zero-order valence-corrected chi connectivity index (χ0v) is 13.9. The Balaban J connectivity index is 0.00000176. The Kier molecular flexibility index (Phi) is 4.83. The summed E-state index contributed by atoms with van der Waals surface area (Å²) in [6.07, 6.45) is 2.20. The van der Waals surface area contributed by atoms with Gasteiger partial charge in [-0.15, -0.1) is 12.4 Å². The van der Waals surface area contributed by atoms with Crippen LogP contribution in [0.2, 0.25) is 0 Å². The minimum atomic E-state index is -0.704. The molecule has 0 bridgehead atoms. The Morgan fingerprint density at radius 3 is 2.68 bits per heavy atom. The maximum Gasteiger partial charge on any atom is 0.232 e. The summed E-state index contributed by atoms with van der Waals surface area (Å²) in [6, 6.07) is 6.58. The van der Waals surface area contributed by atoms with Crippen LogP contribution < -0.4 is 5.73 Å². The Bertz CT molecular complexity index is 563. The fourth-order valence-corrected chi connectivity index (χ4v) is 3.87. The van der Waals surface area contributed by atoms with E-state index in [1.165, 1.54) is 12.1 Å². The smallest absolute Gasteiger partial charge is 0.232 e. The first-order chi connectivity index (χ1) is 9.89. The maximum atomic E-state index is 13.4. The van der Waals surface area contributed by atoms with Gasteiger partial charge in [0.25, 0.3) is 0 Å². The van der Waals surface area contributed by atoms with Crippen molar-refractivity contribution in [2.75, 3.05) is 13.1 Å². The second kappa shape index (κ2) is 6.17. The van der Waals surface area contributed by atoms with E-state index in [1.54, 1.807) is 6.07 Å². The summed E-state index contributed by atoms with van der Waals surface area (Å²) in [5, 5.41) is 0. The Morgan fingerprint density at radius 2 is 2.05 bits per heavy atom. The predicted molar refractivity (Wildman–Crippen MR) is 87.4 cm³/mol. The van der Waals surface area contributed by atoms with Crippen molar-refractivity contribution in [1.29, 1.82) is 0 Å². The van der Waals surface area contributed by atoms with Crippen LogP contribution in [0.1, 0.15) is 32.3 Å². The van der Waals surface area contributed by atoms with Crippen molar-refractivity contribution >= 4 is 18.3 Å². The standard InChI is InChI=1S/C17H23FN2O.ClH/c1-17(2,12-4-3-5-13(18)8-12)16(21)20-9-11-6-7-15(19)14(11)10-20;/h3-5,8,11,14-15H,6-7,9-10,19H2,1-2H3;1H. The highest BCUT2D eigenvalue weighted by molar-refractivity contribution is 5.87. The number of fused-ring (bicyclic) bond motifs is 1. The molecule has 1 saturated carbocycles. The number of rotatable bonds is 2. The van der Waals surface area contributed by atoms with E-state index in [9.17, 15) is 9.18 Å². The van der Waals surface area contributed by atoms with Crippen LogP contribution in [0.5, 0.6) is 0 Å². The summed E-state index contributed by atoms with van der Waals surface area (Å²) in [5.41, 5.74) is 6.16. The number of likely N-dealkylation sites (tertiary alicyclic amines) is 1. The molecule has 3 rings (SSSR count). The molecule has 3 nitrogen and oxygen atoms in total. The summed E-state index contributed by atoms with van der Waals surface area (Å²) in [7, 11) is 0. The third kappa shape index (κ3) is 2.86. The molecule has 1 aromatic carbocycles. The van der Waals surface area contributed by atoms with Crippen molar-refractivity contribution in [3.8, 4) is 0 Å². The average molecular weight is 327 g/mol. The SMILES string of the molecule is CC(C)(C(=O)N1CC2CCC(N)C2C1)c1cccc(F)c1.Cl. The van der Waals surface area contributed by atoms with E-state index in [4.69, 9.17) is 5.73 Å². The first-order valence-electron chi connectivity index (χ1n) is 7.70. The quantitative estimate of drug-likeness (QED) is 0.908. The Labute approximate surface area is 137 Å². The number of carbonyl (C=O) groups is 1. The Morgan fingerprint density at radius 1 is 1.32 bits per heavy atom. The van der Waals surface area contributed by atoms with E-state index in [1.807, 2.05) is 24.8 Å². The lowest BCUT2D eigenvalue weighted by atomic mass is 9.83. The summed E-state index contributed by atoms with van der Waals surface area (Å²) < 4.78 is 13.4. The largest absolute Gasteiger partial charge is 0.341 e. The van der Waals surface area contributed by atoms with Crippen LogP contribution in [0.15, 0.2) is 24.3 Å². The monoisotopic (exact) mass is 326 g/mol. The predicted octanol–water partition coefficient (Wildman–Crippen LogP) is 2.72. The molecule has 2 fully saturated rings. The molecule has 1 saturated heterocycles. The first-order valence-corrected chi connectivity index (χ1v) is 7.70. The molecule has 0 radical (unpaired) electrons. The third-order valence-corrected chi connectivity index (χ3v) is 5.28. The third-order valence-electron chi connectivity index (χ3n) is 5.28. The minimum absolute atomic E-state index is 0. The van der Waals surface area contributed by atoms with Gasteiger partial charge in [-0.2, -0.15) is 0 Å². The van der Waals surface area contributed by atoms with Gasteiger partial charge in [0.1, 0.15) is 5.82 Å². The van der Waals surface area contributed by atoms with E-state index >= 15 is 0 Å². The van der Waals surface area contributed by atoms with E-state index in [0.29, 0.717) is 11.8 Å². The topological polar surface area (TPSA) is 46.3 Å². The van der Waals surface area contributed by atoms with Crippen molar-refractivity contribution in [2.45, 2.75) is 38.1 Å². The molecule has 2 N–H and O–H groups in total. The summed E-state index contributed by atoms with van der Waals surface area (Å²) in [4.78, 5) is 14.8. The molecule has 3 unspecified atom stereocenters. The van der Waals surface area contributed by atoms with Crippen LogP contribution in [0.3, 0.4) is 0 Å². The van der Waals surface area contributed by atoms with Crippen LogP contribution in [-0.2, 0) is 10.2 Å². The fraction of sp³-hybridized carbons (Fsp3) is 0.588. The molecule has 2 aliphatic rings. The van der Waals surface area contributed by atoms with Crippen molar-refractivity contribution in [3.63, 3.8) is 0 Å². The highest BCUT2D eigenvalue weighted by Gasteiger charge is 2.45. The normalized spacial score (nSPS) is 27.5. The molecule has 1 aliphatic carbocycles. The molecule has 1 aliphatic heterocycles. The average Bonchev–Trinajstić information content (AvgIpc) is 3.00. The number of nitrogens with zero attached hydrogens (tertiary/aromatic N) is 1. The lowest BCUT2D eigenvalue weighted by Gasteiger charge is -2.30. The molecule has 1 heterocycles. The summed E-state index contributed by atoms with van der Waals surface area (Å²) in [5.74, 6) is 0.771. The van der Waals surface area contributed by atoms with Crippen molar-refractivity contribution in [2.24, 2.45) is 17.6 Å². The van der Waals surface area contributed by atoms with E-state index < -0.39 is 5.41 Å². The number of benzene rings is 1. The van der Waals surface area contributed by atoms with Crippen LogP contribution in [0.25, 0.3) is 0 Å². The van der Waals surface area contributed by atoms with Crippen molar-refractivity contribution < 1.29 is 9.18 Å². The van der Waals surface area contributed by atoms with Crippen LogP contribution in [-0.4, -0.2) is 29.9 Å². The summed E-state index contributed by atoms with van der Waals surface area (Å²) in [6.45, 7) is 5.30. The molecule has 5 heteroatoms. The number of halogens is 2. The highest BCUT2D eigenvalue weighted by atomic mass is 35.5. The van der Waals surface area contributed by atoms with Gasteiger partial charge in [0.05, 0.1) is 5.41 Å². The lowest BCUT2D eigenvalue weighted by Crippen LogP contribution is -2.43. The van der Waals surface area contributed by atoms with Crippen molar-refractivity contribution in [1.82, 2.24) is 4.90 Å². The van der Waals surface area contributed by atoms with Crippen molar-refractivity contribution in [3.05, 3.63) is 35.6 Å².